The lowest BCUT2D eigenvalue weighted by Gasteiger charge is -2.16. The van der Waals surface area contributed by atoms with E-state index in [0.717, 1.165) is 44.5 Å². The predicted molar refractivity (Wildman–Crippen MR) is 130 cm³/mol. The summed E-state index contributed by atoms with van der Waals surface area (Å²) in [4.78, 5) is 18.7. The smallest absolute Gasteiger partial charge is 0.230 e. The van der Waals surface area contributed by atoms with Gasteiger partial charge in [0.15, 0.2) is 11.0 Å². The average Bonchev–Trinajstić information content (AvgIpc) is 3.56. The zero-order chi connectivity index (χ0) is 21.9. The first-order valence-corrected chi connectivity index (χ1v) is 12.5. The van der Waals surface area contributed by atoms with Crippen LogP contribution >= 0.6 is 23.1 Å². The molecule has 3 N–H and O–H groups in total. The molecule has 164 valence electrons. The van der Waals surface area contributed by atoms with Crippen molar-refractivity contribution < 1.29 is 4.79 Å². The maximum Gasteiger partial charge on any atom is 0.230 e. The number of nitrogens with zero attached hydrogens (tertiary/aromatic N) is 4. The van der Waals surface area contributed by atoms with Crippen LogP contribution in [-0.4, -0.2) is 31.4 Å². The number of pyridine rings is 1. The van der Waals surface area contributed by atoms with E-state index in [2.05, 4.69) is 25.1 Å². The number of rotatable bonds is 7. The van der Waals surface area contributed by atoms with E-state index in [1.54, 1.807) is 17.5 Å². The molecule has 0 atom stereocenters. The van der Waals surface area contributed by atoms with E-state index in [9.17, 15) is 4.79 Å². The number of amides is 1. The van der Waals surface area contributed by atoms with Crippen molar-refractivity contribution in [2.24, 2.45) is 0 Å². The number of nitrogens with two attached hydrogens (primary N) is 1. The quantitative estimate of drug-likeness (QED) is 0.386. The van der Waals surface area contributed by atoms with Gasteiger partial charge in [-0.2, -0.15) is 0 Å². The predicted octanol–water partition coefficient (Wildman–Crippen LogP) is 4.66. The van der Waals surface area contributed by atoms with E-state index in [4.69, 9.17) is 5.73 Å². The molecular weight excluding hydrogens is 440 g/mol. The first-order valence-electron chi connectivity index (χ1n) is 10.7. The number of hydrogen-bond acceptors (Lipinski definition) is 7. The highest BCUT2D eigenvalue weighted by atomic mass is 32.2. The van der Waals surface area contributed by atoms with Crippen LogP contribution in [0.25, 0.3) is 20.9 Å². The van der Waals surface area contributed by atoms with Crippen molar-refractivity contribution in [2.45, 2.75) is 43.4 Å². The number of nitrogen functional groups attached to an aromatic ring is 1. The number of carbonyl (C=O) groups is 1. The van der Waals surface area contributed by atoms with Gasteiger partial charge in [0.05, 0.1) is 16.3 Å². The number of anilines is 1. The summed E-state index contributed by atoms with van der Waals surface area (Å²) in [5.74, 6) is 1.05. The van der Waals surface area contributed by atoms with Crippen LogP contribution in [0.4, 0.5) is 5.69 Å². The van der Waals surface area contributed by atoms with Gasteiger partial charge in [-0.1, -0.05) is 54.9 Å². The molecule has 0 saturated heterocycles. The minimum absolute atomic E-state index is 0.0213. The Morgan fingerprint density at radius 1 is 1.16 bits per heavy atom. The molecule has 7 nitrogen and oxygen atoms in total. The lowest BCUT2D eigenvalue weighted by Crippen LogP contribution is -2.24. The second-order valence-corrected chi connectivity index (χ2v) is 9.81. The van der Waals surface area contributed by atoms with Crippen LogP contribution < -0.4 is 11.1 Å². The van der Waals surface area contributed by atoms with Gasteiger partial charge in [-0.25, -0.2) is 4.98 Å². The molecule has 1 aliphatic rings. The first kappa shape index (κ1) is 21.0. The van der Waals surface area contributed by atoms with Gasteiger partial charge in [0.2, 0.25) is 5.91 Å². The maximum absolute atomic E-state index is 12.5. The van der Waals surface area contributed by atoms with Gasteiger partial charge in [-0.3, -0.25) is 9.36 Å². The highest BCUT2D eigenvalue weighted by molar-refractivity contribution is 7.99. The maximum atomic E-state index is 12.5. The van der Waals surface area contributed by atoms with Crippen LogP contribution in [0, 0.1) is 0 Å². The van der Waals surface area contributed by atoms with Crippen LogP contribution in [0.3, 0.4) is 0 Å². The van der Waals surface area contributed by atoms with Crippen LogP contribution in [0.15, 0.2) is 53.8 Å². The third-order valence-electron chi connectivity index (χ3n) is 5.73. The van der Waals surface area contributed by atoms with Gasteiger partial charge in [0.1, 0.15) is 4.83 Å². The zero-order valence-corrected chi connectivity index (χ0v) is 19.2. The van der Waals surface area contributed by atoms with Gasteiger partial charge < -0.3 is 11.1 Å². The number of hydrogen-bond donors (Lipinski definition) is 2. The third-order valence-corrected chi connectivity index (χ3v) is 7.80. The van der Waals surface area contributed by atoms with Gasteiger partial charge in [0.25, 0.3) is 0 Å². The Kier molecular flexibility index (Phi) is 6.09. The average molecular weight is 465 g/mol. The fourth-order valence-corrected chi connectivity index (χ4v) is 6.00. The molecule has 1 fully saturated rings. The molecule has 1 aliphatic carbocycles. The molecule has 3 heterocycles. The first-order chi connectivity index (χ1) is 15.7. The molecule has 1 amide bonds. The van der Waals surface area contributed by atoms with Gasteiger partial charge in [-0.05, 0) is 30.5 Å². The summed E-state index contributed by atoms with van der Waals surface area (Å²) in [5, 5.41) is 13.7. The van der Waals surface area contributed by atoms with Crippen LogP contribution in [0.5, 0.6) is 0 Å². The molecule has 4 aromatic rings. The number of thioether (sulfide) groups is 1. The monoisotopic (exact) mass is 464 g/mol. The molecule has 0 radical (unpaired) electrons. The van der Waals surface area contributed by atoms with Gasteiger partial charge in [0, 0.05) is 24.2 Å². The summed E-state index contributed by atoms with van der Waals surface area (Å²) >= 11 is 2.98. The number of benzene rings is 1. The summed E-state index contributed by atoms with van der Waals surface area (Å²) in [6.45, 7) is 0.520. The summed E-state index contributed by atoms with van der Waals surface area (Å²) in [5.41, 5.74) is 8.26. The van der Waals surface area contributed by atoms with E-state index in [1.165, 1.54) is 24.6 Å². The molecular formula is C23H24N6OS2. The molecule has 32 heavy (non-hydrogen) atoms. The van der Waals surface area contributed by atoms with Gasteiger partial charge in [-0.15, -0.1) is 21.5 Å². The second kappa shape index (κ2) is 9.30. The van der Waals surface area contributed by atoms with E-state index >= 15 is 0 Å². The van der Waals surface area contributed by atoms with E-state index in [1.807, 2.05) is 42.5 Å². The molecule has 1 aromatic carbocycles. The normalized spacial score (nSPS) is 14.2. The molecule has 0 unspecified atom stereocenters. The molecule has 5 rings (SSSR count). The van der Waals surface area contributed by atoms with Crippen molar-refractivity contribution >= 4 is 44.9 Å². The number of aromatic nitrogens is 4. The number of fused-ring (bicyclic) bond motifs is 1. The van der Waals surface area contributed by atoms with Gasteiger partial charge >= 0.3 is 0 Å². The van der Waals surface area contributed by atoms with E-state index in [0.29, 0.717) is 24.0 Å². The Morgan fingerprint density at radius 3 is 2.75 bits per heavy atom. The number of carbonyl (C=O) groups excluding carboxylic acids is 1. The Balaban J connectivity index is 1.37. The standard InChI is InChI=1S/C23H24N6OS2/c24-19-17-11-6-12-25-22(17)32-20(19)21-27-28-23(29(21)16-9-4-5-10-16)31-14-18(30)26-13-15-7-2-1-3-8-15/h1-3,6-8,11-12,16H,4-5,9-10,13-14,24H2,(H,26,30). The summed E-state index contributed by atoms with van der Waals surface area (Å²) in [6, 6.07) is 14.1. The number of thiophene rings is 1. The van der Waals surface area contributed by atoms with Crippen molar-refractivity contribution in [3.8, 4) is 10.7 Å². The van der Waals surface area contributed by atoms with Crippen molar-refractivity contribution in [1.29, 1.82) is 0 Å². The Hall–Kier alpha value is -2.91. The van der Waals surface area contributed by atoms with E-state index in [-0.39, 0.29) is 5.91 Å². The van der Waals surface area contributed by atoms with Crippen molar-refractivity contribution in [2.75, 3.05) is 11.5 Å². The van der Waals surface area contributed by atoms with Crippen molar-refractivity contribution in [3.05, 3.63) is 54.2 Å². The Labute approximate surface area is 194 Å². The zero-order valence-electron chi connectivity index (χ0n) is 17.5. The Morgan fingerprint density at radius 2 is 1.97 bits per heavy atom. The topological polar surface area (TPSA) is 98.7 Å². The van der Waals surface area contributed by atoms with Crippen molar-refractivity contribution in [1.82, 2.24) is 25.1 Å². The SMILES string of the molecule is Nc1c(-c2nnc(SCC(=O)NCc3ccccc3)n2C2CCCC2)sc2ncccc12. The summed E-state index contributed by atoms with van der Waals surface area (Å²) in [6.07, 6.45) is 6.32. The summed E-state index contributed by atoms with van der Waals surface area (Å²) in [7, 11) is 0. The van der Waals surface area contributed by atoms with Crippen LogP contribution in [0.1, 0.15) is 37.3 Å². The molecule has 0 aliphatic heterocycles. The minimum atomic E-state index is -0.0213. The molecule has 0 spiro atoms. The molecule has 0 bridgehead atoms. The lowest BCUT2D eigenvalue weighted by molar-refractivity contribution is -0.118. The second-order valence-electron chi connectivity index (χ2n) is 7.87. The highest BCUT2D eigenvalue weighted by Gasteiger charge is 2.27. The molecule has 9 heteroatoms. The van der Waals surface area contributed by atoms with Crippen molar-refractivity contribution in [3.63, 3.8) is 0 Å². The molecule has 1 saturated carbocycles. The highest BCUT2D eigenvalue weighted by Crippen LogP contribution is 2.43. The summed E-state index contributed by atoms with van der Waals surface area (Å²) < 4.78 is 2.20. The third kappa shape index (κ3) is 4.22. The minimum Gasteiger partial charge on any atom is -0.397 e. The van der Waals surface area contributed by atoms with Crippen LogP contribution in [0.2, 0.25) is 0 Å². The fraction of sp³-hybridized carbons (Fsp3) is 0.304. The Bertz CT molecular complexity index is 1230. The largest absolute Gasteiger partial charge is 0.397 e. The van der Waals surface area contributed by atoms with E-state index < -0.39 is 0 Å². The van der Waals surface area contributed by atoms with Crippen LogP contribution in [-0.2, 0) is 11.3 Å². The molecule has 3 aromatic heterocycles. The number of nitrogens with one attached hydrogen (secondary N) is 1. The lowest BCUT2D eigenvalue weighted by atomic mass is 10.2. The fourth-order valence-electron chi connectivity index (χ4n) is 4.12.